The average molecular weight is 318 g/mol. The first-order valence-electron chi connectivity index (χ1n) is 6.54. The van der Waals surface area contributed by atoms with Crippen molar-refractivity contribution in [2.24, 2.45) is 0 Å². The fraction of sp³-hybridized carbons (Fsp3) is 0.667. The lowest BCUT2D eigenvalue weighted by Gasteiger charge is -2.10. The van der Waals surface area contributed by atoms with Crippen molar-refractivity contribution in [3.63, 3.8) is 0 Å². The van der Waals surface area contributed by atoms with Crippen LogP contribution in [0, 0.1) is 0 Å². The molecule has 106 valence electrons. The summed E-state index contributed by atoms with van der Waals surface area (Å²) in [6, 6.07) is 2.54. The third kappa shape index (κ3) is 3.72. The van der Waals surface area contributed by atoms with Crippen molar-refractivity contribution in [3.8, 4) is 0 Å². The minimum atomic E-state index is -3.32. The Balaban J connectivity index is 1.62. The number of thiophene rings is 1. The molecule has 0 radical (unpaired) electrons. The lowest BCUT2D eigenvalue weighted by Crippen LogP contribution is -2.34. The van der Waals surface area contributed by atoms with Crippen LogP contribution in [0.3, 0.4) is 0 Å². The third-order valence-corrected chi connectivity index (χ3v) is 7.49. The second kappa shape index (κ2) is 5.73. The SMILES string of the molecule is O=S(=O)(NC1CCSC1)c1cc(CNC2CC2)cs1. The summed E-state index contributed by atoms with van der Waals surface area (Å²) in [4.78, 5) is 0. The Hall–Kier alpha value is -0.0800. The van der Waals surface area contributed by atoms with Gasteiger partial charge in [-0.1, -0.05) is 0 Å². The summed E-state index contributed by atoms with van der Waals surface area (Å²) in [5.41, 5.74) is 1.07. The summed E-state index contributed by atoms with van der Waals surface area (Å²) < 4.78 is 27.7. The molecule has 1 aliphatic carbocycles. The second-order valence-corrected chi connectivity index (χ2v) is 9.11. The van der Waals surface area contributed by atoms with Crippen LogP contribution < -0.4 is 10.0 Å². The molecule has 2 heterocycles. The number of nitrogens with one attached hydrogen (secondary N) is 2. The van der Waals surface area contributed by atoms with Gasteiger partial charge in [-0.15, -0.1) is 11.3 Å². The van der Waals surface area contributed by atoms with Crippen molar-refractivity contribution in [3.05, 3.63) is 17.0 Å². The van der Waals surface area contributed by atoms with Crippen molar-refractivity contribution in [2.75, 3.05) is 11.5 Å². The van der Waals surface area contributed by atoms with Gasteiger partial charge in [0.15, 0.2) is 0 Å². The van der Waals surface area contributed by atoms with Crippen LogP contribution in [-0.4, -0.2) is 32.0 Å². The summed E-state index contributed by atoms with van der Waals surface area (Å²) in [6.45, 7) is 0.774. The summed E-state index contributed by atoms with van der Waals surface area (Å²) >= 11 is 3.12. The largest absolute Gasteiger partial charge is 0.310 e. The Morgan fingerprint density at radius 2 is 2.11 bits per heavy atom. The lowest BCUT2D eigenvalue weighted by atomic mass is 10.3. The molecule has 2 aliphatic rings. The highest BCUT2D eigenvalue weighted by atomic mass is 32.2. The minimum absolute atomic E-state index is 0.102. The fourth-order valence-corrected chi connectivity index (χ4v) is 5.80. The maximum Gasteiger partial charge on any atom is 0.250 e. The number of thioether (sulfide) groups is 1. The van der Waals surface area contributed by atoms with E-state index in [2.05, 4.69) is 10.0 Å². The molecule has 1 unspecified atom stereocenters. The monoisotopic (exact) mass is 318 g/mol. The fourth-order valence-electron chi connectivity index (χ4n) is 2.04. The quantitative estimate of drug-likeness (QED) is 0.839. The molecule has 7 heteroatoms. The van der Waals surface area contributed by atoms with Gasteiger partial charge in [0.2, 0.25) is 10.0 Å². The third-order valence-electron chi connectivity index (χ3n) is 3.32. The zero-order valence-corrected chi connectivity index (χ0v) is 13.0. The van der Waals surface area contributed by atoms with Crippen molar-refractivity contribution in [2.45, 2.75) is 42.1 Å². The molecule has 1 saturated carbocycles. The summed E-state index contributed by atoms with van der Waals surface area (Å²) in [5.74, 6) is 1.94. The molecule has 0 bridgehead atoms. The highest BCUT2D eigenvalue weighted by Crippen LogP contribution is 2.25. The average Bonchev–Trinajstić information content (AvgIpc) is 2.87. The van der Waals surface area contributed by atoms with Gasteiger partial charge in [-0.05, 0) is 42.0 Å². The highest BCUT2D eigenvalue weighted by Gasteiger charge is 2.25. The Morgan fingerprint density at radius 1 is 1.26 bits per heavy atom. The van der Waals surface area contributed by atoms with E-state index in [9.17, 15) is 8.42 Å². The Labute approximate surface area is 122 Å². The molecule has 1 atom stereocenters. The first-order chi connectivity index (χ1) is 9.13. The molecule has 2 fully saturated rings. The number of hydrogen-bond acceptors (Lipinski definition) is 5. The maximum absolute atomic E-state index is 12.2. The molecular weight excluding hydrogens is 300 g/mol. The molecule has 0 spiro atoms. The highest BCUT2D eigenvalue weighted by molar-refractivity contribution is 7.99. The lowest BCUT2D eigenvalue weighted by molar-refractivity contribution is 0.565. The van der Waals surface area contributed by atoms with Gasteiger partial charge < -0.3 is 5.32 Å². The normalized spacial score (nSPS) is 23.9. The predicted molar refractivity (Wildman–Crippen MR) is 80.2 cm³/mol. The van der Waals surface area contributed by atoms with Crippen LogP contribution in [0.4, 0.5) is 0 Å². The van der Waals surface area contributed by atoms with E-state index in [0.29, 0.717) is 10.3 Å². The van der Waals surface area contributed by atoms with E-state index in [4.69, 9.17) is 0 Å². The van der Waals surface area contributed by atoms with Crippen molar-refractivity contribution >= 4 is 33.1 Å². The van der Waals surface area contributed by atoms with Crippen molar-refractivity contribution < 1.29 is 8.42 Å². The van der Waals surface area contributed by atoms with E-state index in [-0.39, 0.29) is 6.04 Å². The molecule has 1 aliphatic heterocycles. The number of sulfonamides is 1. The molecule has 1 aromatic heterocycles. The van der Waals surface area contributed by atoms with Gasteiger partial charge in [0.05, 0.1) is 0 Å². The molecule has 4 nitrogen and oxygen atoms in total. The summed E-state index contributed by atoms with van der Waals surface area (Å²) in [7, 11) is -3.32. The van der Waals surface area contributed by atoms with Gasteiger partial charge in [0, 0.05) is 24.4 Å². The second-order valence-electron chi connectivity index (χ2n) is 5.11. The van der Waals surface area contributed by atoms with Crippen LogP contribution in [0.25, 0.3) is 0 Å². The molecule has 0 amide bonds. The minimum Gasteiger partial charge on any atom is -0.310 e. The van der Waals surface area contributed by atoms with Crippen LogP contribution in [0.5, 0.6) is 0 Å². The van der Waals surface area contributed by atoms with E-state index in [0.717, 1.165) is 30.0 Å². The van der Waals surface area contributed by atoms with Gasteiger partial charge in [-0.2, -0.15) is 11.8 Å². The van der Waals surface area contributed by atoms with E-state index in [1.54, 1.807) is 6.07 Å². The first-order valence-corrected chi connectivity index (χ1v) is 10.1. The van der Waals surface area contributed by atoms with E-state index >= 15 is 0 Å². The topological polar surface area (TPSA) is 58.2 Å². The van der Waals surface area contributed by atoms with Gasteiger partial charge in [0.1, 0.15) is 4.21 Å². The predicted octanol–water partition coefficient (Wildman–Crippen LogP) is 1.78. The van der Waals surface area contributed by atoms with Gasteiger partial charge in [-0.25, -0.2) is 13.1 Å². The molecule has 1 saturated heterocycles. The Bertz CT molecular complexity index is 531. The van der Waals surface area contributed by atoms with E-state index in [1.165, 1.54) is 24.2 Å². The van der Waals surface area contributed by atoms with Crippen LogP contribution in [0.1, 0.15) is 24.8 Å². The standard InChI is InChI=1S/C12H18N2O2S3/c15-19(16,14-11-3-4-17-8-11)12-5-9(7-18-12)6-13-10-1-2-10/h5,7,10-11,13-14H,1-4,6,8H2. The molecular formula is C12H18N2O2S3. The van der Waals surface area contributed by atoms with Crippen LogP contribution in [-0.2, 0) is 16.6 Å². The number of hydrogen-bond donors (Lipinski definition) is 2. The van der Waals surface area contributed by atoms with Gasteiger partial charge in [0.25, 0.3) is 0 Å². The molecule has 0 aromatic carbocycles. The molecule has 19 heavy (non-hydrogen) atoms. The Morgan fingerprint density at radius 3 is 2.79 bits per heavy atom. The van der Waals surface area contributed by atoms with Gasteiger partial charge >= 0.3 is 0 Å². The Kier molecular flexibility index (Phi) is 4.19. The van der Waals surface area contributed by atoms with Crippen LogP contribution in [0.2, 0.25) is 0 Å². The molecule has 3 rings (SSSR count). The zero-order valence-electron chi connectivity index (χ0n) is 10.6. The zero-order chi connectivity index (χ0) is 13.3. The molecule has 1 aromatic rings. The summed E-state index contributed by atoms with van der Waals surface area (Å²) in [5, 5.41) is 5.34. The summed E-state index contributed by atoms with van der Waals surface area (Å²) in [6.07, 6.45) is 3.43. The van der Waals surface area contributed by atoms with E-state index < -0.39 is 10.0 Å². The van der Waals surface area contributed by atoms with Gasteiger partial charge in [-0.3, -0.25) is 0 Å². The maximum atomic E-state index is 12.2. The smallest absolute Gasteiger partial charge is 0.250 e. The van der Waals surface area contributed by atoms with Crippen molar-refractivity contribution in [1.82, 2.24) is 10.0 Å². The van der Waals surface area contributed by atoms with Crippen LogP contribution >= 0.6 is 23.1 Å². The molecule has 2 N–H and O–H groups in total. The van der Waals surface area contributed by atoms with Crippen molar-refractivity contribution in [1.29, 1.82) is 0 Å². The van der Waals surface area contributed by atoms with Crippen LogP contribution in [0.15, 0.2) is 15.7 Å². The number of rotatable bonds is 6. The first kappa shape index (κ1) is 13.9. The van der Waals surface area contributed by atoms with E-state index in [1.807, 2.05) is 17.1 Å².